The molecule has 2 atom stereocenters. The smallest absolute Gasteiger partial charge is 0.410 e. The number of nitrogens with zero attached hydrogens (tertiary/aromatic N) is 1. The quantitative estimate of drug-likeness (QED) is 0.758. The summed E-state index contributed by atoms with van der Waals surface area (Å²) in [6.45, 7) is 6.82. The second-order valence-corrected chi connectivity index (χ2v) is 5.68. The zero-order valence-electron chi connectivity index (χ0n) is 11.0. The van der Waals surface area contributed by atoms with Crippen LogP contribution in [0.2, 0.25) is 0 Å². The zero-order valence-corrected chi connectivity index (χ0v) is 11.0. The monoisotopic (exact) mass is 244 g/mol. The Bertz CT molecular complexity index is 263. The molecular formula is C12H24N2O3. The van der Waals surface area contributed by atoms with Crippen molar-refractivity contribution in [3.63, 3.8) is 0 Å². The molecule has 0 aromatic carbocycles. The molecule has 5 nitrogen and oxygen atoms in total. The maximum atomic E-state index is 11.9. The molecule has 0 spiro atoms. The van der Waals surface area contributed by atoms with Gasteiger partial charge in [0.1, 0.15) is 5.60 Å². The Balaban J connectivity index is 2.52. The lowest BCUT2D eigenvalue weighted by atomic mass is 9.92. The number of aliphatic hydroxyl groups excluding tert-OH is 1. The lowest BCUT2D eigenvalue weighted by Gasteiger charge is -2.36. The van der Waals surface area contributed by atoms with Crippen LogP contribution < -0.4 is 5.73 Å². The molecule has 0 aromatic heterocycles. The van der Waals surface area contributed by atoms with Gasteiger partial charge in [0.2, 0.25) is 0 Å². The van der Waals surface area contributed by atoms with Gasteiger partial charge in [-0.25, -0.2) is 4.79 Å². The molecule has 0 radical (unpaired) electrons. The molecule has 17 heavy (non-hydrogen) atoms. The number of nitrogens with two attached hydrogens (primary N) is 1. The van der Waals surface area contributed by atoms with Gasteiger partial charge in [0, 0.05) is 19.1 Å². The van der Waals surface area contributed by atoms with E-state index >= 15 is 0 Å². The van der Waals surface area contributed by atoms with Gasteiger partial charge in [0.15, 0.2) is 0 Å². The largest absolute Gasteiger partial charge is 0.444 e. The van der Waals surface area contributed by atoms with Gasteiger partial charge in [-0.3, -0.25) is 0 Å². The van der Waals surface area contributed by atoms with E-state index in [4.69, 9.17) is 15.6 Å². The second-order valence-electron chi connectivity index (χ2n) is 5.68. The highest BCUT2D eigenvalue weighted by molar-refractivity contribution is 5.68. The van der Waals surface area contributed by atoms with Crippen LogP contribution in [0.15, 0.2) is 0 Å². The first-order valence-electron chi connectivity index (χ1n) is 6.18. The highest BCUT2D eigenvalue weighted by atomic mass is 16.6. The van der Waals surface area contributed by atoms with E-state index in [9.17, 15) is 4.79 Å². The SMILES string of the molecule is CC(C)(C)OC(=O)N1CCC[C@H]([C@H](N)CO)C1. The second kappa shape index (κ2) is 5.69. The average molecular weight is 244 g/mol. The number of hydrogen-bond donors (Lipinski definition) is 2. The van der Waals surface area contributed by atoms with E-state index in [1.807, 2.05) is 20.8 Å². The van der Waals surface area contributed by atoms with Crippen LogP contribution in [0.5, 0.6) is 0 Å². The number of rotatable bonds is 2. The third-order valence-electron chi connectivity index (χ3n) is 2.93. The van der Waals surface area contributed by atoms with Gasteiger partial charge in [-0.2, -0.15) is 0 Å². The Hall–Kier alpha value is -0.810. The summed E-state index contributed by atoms with van der Waals surface area (Å²) in [5.41, 5.74) is 5.34. The Morgan fingerprint density at radius 3 is 2.76 bits per heavy atom. The van der Waals surface area contributed by atoms with Crippen LogP contribution >= 0.6 is 0 Å². The Morgan fingerprint density at radius 2 is 2.24 bits per heavy atom. The fourth-order valence-corrected chi connectivity index (χ4v) is 2.00. The van der Waals surface area contributed by atoms with Crippen LogP contribution in [-0.4, -0.2) is 47.4 Å². The number of aliphatic hydroxyl groups is 1. The van der Waals surface area contributed by atoms with Crippen LogP contribution in [0, 0.1) is 5.92 Å². The molecule has 1 rings (SSSR count). The number of hydrogen-bond acceptors (Lipinski definition) is 4. The van der Waals surface area contributed by atoms with Gasteiger partial charge in [-0.05, 0) is 39.5 Å². The van der Waals surface area contributed by atoms with E-state index in [-0.39, 0.29) is 24.7 Å². The maximum Gasteiger partial charge on any atom is 0.410 e. The molecule has 0 aromatic rings. The molecule has 1 aliphatic rings. The fraction of sp³-hybridized carbons (Fsp3) is 0.917. The van der Waals surface area contributed by atoms with Crippen LogP contribution in [0.25, 0.3) is 0 Å². The number of carbonyl (C=O) groups is 1. The molecule has 1 aliphatic heterocycles. The molecule has 0 saturated carbocycles. The van der Waals surface area contributed by atoms with Gasteiger partial charge < -0.3 is 20.5 Å². The summed E-state index contributed by atoms with van der Waals surface area (Å²) in [6, 6.07) is -0.250. The molecular weight excluding hydrogens is 220 g/mol. The molecule has 3 N–H and O–H groups in total. The van der Waals surface area contributed by atoms with Gasteiger partial charge in [0.05, 0.1) is 6.61 Å². The van der Waals surface area contributed by atoms with Gasteiger partial charge in [0.25, 0.3) is 0 Å². The molecule has 1 fully saturated rings. The van der Waals surface area contributed by atoms with Crippen molar-refractivity contribution in [1.82, 2.24) is 4.90 Å². The lowest BCUT2D eigenvalue weighted by molar-refractivity contribution is 0.0139. The first-order chi connectivity index (χ1) is 7.83. The maximum absolute atomic E-state index is 11.9. The molecule has 1 heterocycles. The fourth-order valence-electron chi connectivity index (χ4n) is 2.00. The van der Waals surface area contributed by atoms with E-state index in [0.717, 1.165) is 12.8 Å². The van der Waals surface area contributed by atoms with E-state index < -0.39 is 5.60 Å². The summed E-state index contributed by atoms with van der Waals surface area (Å²) in [7, 11) is 0. The molecule has 5 heteroatoms. The van der Waals surface area contributed by atoms with Crippen LogP contribution in [0.4, 0.5) is 4.79 Å². The predicted molar refractivity (Wildman–Crippen MR) is 65.6 cm³/mol. The Kier molecular flexibility index (Phi) is 4.77. The first kappa shape index (κ1) is 14.3. The summed E-state index contributed by atoms with van der Waals surface area (Å²) in [6.07, 6.45) is 1.59. The lowest BCUT2D eigenvalue weighted by Crippen LogP contribution is -2.48. The number of piperidine rings is 1. The van der Waals surface area contributed by atoms with E-state index in [0.29, 0.717) is 13.1 Å². The zero-order chi connectivity index (χ0) is 13.1. The first-order valence-corrected chi connectivity index (χ1v) is 6.18. The minimum atomic E-state index is -0.469. The standard InChI is InChI=1S/C12H24N2O3/c1-12(2,3)17-11(16)14-6-4-5-9(7-14)10(13)8-15/h9-10,15H,4-8,13H2,1-3H3/t9-,10+/m0/s1. The van der Waals surface area contributed by atoms with E-state index in [2.05, 4.69) is 0 Å². The third-order valence-corrected chi connectivity index (χ3v) is 2.93. The van der Waals surface area contributed by atoms with Crippen molar-refractivity contribution in [2.75, 3.05) is 19.7 Å². The molecule has 0 aliphatic carbocycles. The summed E-state index contributed by atoms with van der Waals surface area (Å²) in [5, 5.41) is 9.04. The summed E-state index contributed by atoms with van der Waals surface area (Å²) >= 11 is 0. The van der Waals surface area contributed by atoms with Crippen LogP contribution in [-0.2, 0) is 4.74 Å². The number of ether oxygens (including phenoxy) is 1. The van der Waals surface area contributed by atoms with E-state index in [1.165, 1.54) is 0 Å². The summed E-state index contributed by atoms with van der Waals surface area (Å²) < 4.78 is 5.32. The summed E-state index contributed by atoms with van der Waals surface area (Å²) in [4.78, 5) is 13.6. The molecule has 0 bridgehead atoms. The van der Waals surface area contributed by atoms with E-state index in [1.54, 1.807) is 4.90 Å². The third kappa shape index (κ3) is 4.52. The molecule has 100 valence electrons. The summed E-state index contributed by atoms with van der Waals surface area (Å²) in [5.74, 6) is 0.168. The Morgan fingerprint density at radius 1 is 1.59 bits per heavy atom. The minimum Gasteiger partial charge on any atom is -0.444 e. The van der Waals surface area contributed by atoms with Crippen LogP contribution in [0.1, 0.15) is 33.6 Å². The van der Waals surface area contributed by atoms with Crippen molar-refractivity contribution in [2.45, 2.75) is 45.3 Å². The highest BCUT2D eigenvalue weighted by Crippen LogP contribution is 2.20. The van der Waals surface area contributed by atoms with Gasteiger partial charge >= 0.3 is 6.09 Å². The number of likely N-dealkylation sites (tertiary alicyclic amines) is 1. The van der Waals surface area contributed by atoms with Crippen molar-refractivity contribution in [1.29, 1.82) is 0 Å². The van der Waals surface area contributed by atoms with Crippen LogP contribution in [0.3, 0.4) is 0 Å². The van der Waals surface area contributed by atoms with Crippen molar-refractivity contribution < 1.29 is 14.6 Å². The topological polar surface area (TPSA) is 75.8 Å². The Labute approximate surface area is 103 Å². The molecule has 0 unspecified atom stereocenters. The van der Waals surface area contributed by atoms with Crippen molar-refractivity contribution in [3.05, 3.63) is 0 Å². The van der Waals surface area contributed by atoms with Gasteiger partial charge in [-0.1, -0.05) is 0 Å². The van der Waals surface area contributed by atoms with Crippen molar-refractivity contribution >= 4 is 6.09 Å². The van der Waals surface area contributed by atoms with Crippen molar-refractivity contribution in [3.8, 4) is 0 Å². The highest BCUT2D eigenvalue weighted by Gasteiger charge is 2.29. The van der Waals surface area contributed by atoms with Crippen molar-refractivity contribution in [2.24, 2.45) is 11.7 Å². The number of carbonyl (C=O) groups excluding carboxylic acids is 1. The normalized spacial score (nSPS) is 23.4. The average Bonchev–Trinajstić information content (AvgIpc) is 2.26. The number of amides is 1. The van der Waals surface area contributed by atoms with Gasteiger partial charge in [-0.15, -0.1) is 0 Å². The minimum absolute atomic E-state index is 0.0349. The predicted octanol–water partition coefficient (Wildman–Crippen LogP) is 0.953. The molecule has 1 amide bonds. The molecule has 1 saturated heterocycles.